The molecule has 1 rings (SSSR count). The molecule has 0 radical (unpaired) electrons. The number of rotatable bonds is 2. The second-order valence-corrected chi connectivity index (χ2v) is 4.26. The third kappa shape index (κ3) is 2.37. The minimum atomic E-state index is -4.42. The molecule has 0 spiro atoms. The second kappa shape index (κ2) is 4.16. The van der Waals surface area contributed by atoms with Crippen LogP contribution < -0.4 is 0 Å². The second-order valence-electron chi connectivity index (χ2n) is 2.76. The largest absolute Gasteiger partial charge is 0.331 e. The molecule has 0 fully saturated rings. The van der Waals surface area contributed by atoms with Gasteiger partial charge in [0.05, 0.1) is 0 Å². The molecule has 0 saturated carbocycles. The molecule has 0 saturated heterocycles. The van der Waals surface area contributed by atoms with Crippen LogP contribution >= 0.6 is 0 Å². The summed E-state index contributed by atoms with van der Waals surface area (Å²) in [6, 6.07) is 6.14. The van der Waals surface area contributed by atoms with Gasteiger partial charge in [-0.1, -0.05) is 22.6 Å². The fourth-order valence-electron chi connectivity index (χ4n) is 1.03. The van der Waals surface area contributed by atoms with Crippen LogP contribution in [0.4, 0.5) is 0 Å². The first-order chi connectivity index (χ1) is 6.99. The van der Waals surface area contributed by atoms with Crippen molar-refractivity contribution in [2.45, 2.75) is 6.92 Å². The third-order valence-electron chi connectivity index (χ3n) is 1.76. The van der Waals surface area contributed by atoms with Crippen LogP contribution in [-0.2, 0) is 14.8 Å². The molecule has 1 aromatic rings. The highest BCUT2D eigenvalue weighted by Gasteiger charge is 2.24. The molecule has 5 nitrogen and oxygen atoms in total. The monoisotopic (exact) mass is 225 g/mol. The Morgan fingerprint density at radius 3 is 2.47 bits per heavy atom. The molecule has 0 unspecified atom stereocenters. The van der Waals surface area contributed by atoms with Gasteiger partial charge in [-0.2, -0.15) is 8.42 Å². The lowest BCUT2D eigenvalue weighted by molar-refractivity contribution is 0.107. The van der Waals surface area contributed by atoms with E-state index in [0.717, 1.165) is 6.08 Å². The maximum Gasteiger partial charge on any atom is 0.331 e. The van der Waals surface area contributed by atoms with E-state index in [9.17, 15) is 18.0 Å². The van der Waals surface area contributed by atoms with Gasteiger partial charge in [0.1, 0.15) is 0 Å². The normalized spacial score (nSPS) is 10.5. The Balaban J connectivity index is 3.29. The number of aryl methyl sites for hydroxylation is 1. The summed E-state index contributed by atoms with van der Waals surface area (Å²) < 4.78 is 24.7. The van der Waals surface area contributed by atoms with Gasteiger partial charge in [0.15, 0.2) is 0 Å². The fraction of sp³-hybridized carbons (Fsp3) is 0.111. The van der Waals surface area contributed by atoms with Gasteiger partial charge in [0.2, 0.25) is 0 Å². The van der Waals surface area contributed by atoms with Crippen molar-refractivity contribution in [1.29, 1.82) is 0 Å². The van der Waals surface area contributed by atoms with Crippen molar-refractivity contribution >= 4 is 21.2 Å². The summed E-state index contributed by atoms with van der Waals surface area (Å²) in [5.41, 5.74) is 0.517. The summed E-state index contributed by atoms with van der Waals surface area (Å²) >= 11 is 0. The van der Waals surface area contributed by atoms with E-state index >= 15 is 0 Å². The highest BCUT2D eigenvalue weighted by molar-refractivity contribution is 8.05. The average Bonchev–Trinajstić information content (AvgIpc) is 2.17. The lowest BCUT2D eigenvalue weighted by Gasteiger charge is -2.00. The molecule has 0 atom stereocenters. The Bertz CT molecular complexity index is 541. The maximum absolute atomic E-state index is 11.4. The van der Waals surface area contributed by atoms with Gasteiger partial charge < -0.3 is 0 Å². The van der Waals surface area contributed by atoms with E-state index < -0.39 is 15.1 Å². The van der Waals surface area contributed by atoms with Crippen LogP contribution in [0.2, 0.25) is 0 Å². The maximum atomic E-state index is 11.4. The van der Waals surface area contributed by atoms with Crippen LogP contribution in [0.1, 0.15) is 15.9 Å². The van der Waals surface area contributed by atoms with Gasteiger partial charge in [0, 0.05) is 5.56 Å². The minimum absolute atomic E-state index is 0.0106. The van der Waals surface area contributed by atoms with E-state index in [1.165, 1.54) is 12.1 Å². The molecule has 0 N–H and O–H groups in total. The van der Waals surface area contributed by atoms with Crippen LogP contribution in [0.25, 0.3) is 0 Å². The molecule has 0 amide bonds. The molecule has 0 aromatic heterocycles. The van der Waals surface area contributed by atoms with Crippen LogP contribution in [0.3, 0.4) is 0 Å². The van der Waals surface area contributed by atoms with Gasteiger partial charge in [-0.25, -0.2) is 4.79 Å². The highest BCUT2D eigenvalue weighted by Crippen LogP contribution is 2.12. The van der Waals surface area contributed by atoms with Gasteiger partial charge in [-0.05, 0) is 18.6 Å². The summed E-state index contributed by atoms with van der Waals surface area (Å²) in [5.74, 6) is 0. The zero-order chi connectivity index (χ0) is 11.5. The van der Waals surface area contributed by atoms with Crippen molar-refractivity contribution in [3.63, 3.8) is 0 Å². The number of carbonyl (C=O) groups excluding carboxylic acids is 2. The van der Waals surface area contributed by atoms with Crippen molar-refractivity contribution < 1.29 is 18.0 Å². The van der Waals surface area contributed by atoms with Crippen LogP contribution in [0.15, 0.2) is 28.7 Å². The summed E-state index contributed by atoms with van der Waals surface area (Å²) in [6.07, 6.45) is 0.844. The number of carbonyl (C=O) groups is 1. The van der Waals surface area contributed by atoms with E-state index in [2.05, 4.69) is 4.40 Å². The SMILES string of the molecule is Cc1ccccc1C(=O)S(=O)(=O)N=C=O. The Morgan fingerprint density at radius 1 is 1.33 bits per heavy atom. The predicted octanol–water partition coefficient (Wildman–Crippen LogP) is 0.801. The molecule has 0 aliphatic heterocycles. The molecular formula is C9H7NO4S. The van der Waals surface area contributed by atoms with Crippen molar-refractivity contribution in [1.82, 2.24) is 0 Å². The summed E-state index contributed by atoms with van der Waals surface area (Å²) in [4.78, 5) is 21.2. The number of benzene rings is 1. The first-order valence-electron chi connectivity index (χ1n) is 3.93. The van der Waals surface area contributed by atoms with E-state index in [1.807, 2.05) is 0 Å². The first kappa shape index (κ1) is 11.3. The summed E-state index contributed by atoms with van der Waals surface area (Å²) in [6.45, 7) is 1.59. The van der Waals surface area contributed by atoms with Crippen molar-refractivity contribution in [3.8, 4) is 0 Å². The van der Waals surface area contributed by atoms with Crippen LogP contribution in [0.5, 0.6) is 0 Å². The average molecular weight is 225 g/mol. The van der Waals surface area contributed by atoms with Gasteiger partial charge >= 0.3 is 10.0 Å². The highest BCUT2D eigenvalue weighted by atomic mass is 32.2. The number of hydrogen-bond acceptors (Lipinski definition) is 4. The topological polar surface area (TPSA) is 80.6 Å². The van der Waals surface area contributed by atoms with Gasteiger partial charge in [0.25, 0.3) is 11.2 Å². The zero-order valence-electron chi connectivity index (χ0n) is 7.80. The smallest absolute Gasteiger partial charge is 0.274 e. The van der Waals surface area contributed by atoms with Gasteiger partial charge in [-0.15, -0.1) is 0 Å². The van der Waals surface area contributed by atoms with E-state index in [4.69, 9.17) is 0 Å². The summed E-state index contributed by atoms with van der Waals surface area (Å²) in [7, 11) is -4.42. The third-order valence-corrected chi connectivity index (χ3v) is 2.76. The number of hydrogen-bond donors (Lipinski definition) is 0. The lowest BCUT2D eigenvalue weighted by atomic mass is 10.1. The standard InChI is InChI=1S/C9H7NO4S/c1-7-4-2-3-5-8(7)9(12)15(13,14)10-6-11/h2-5H,1H3. The predicted molar refractivity (Wildman–Crippen MR) is 52.6 cm³/mol. The van der Waals surface area contributed by atoms with Crippen molar-refractivity contribution in [2.75, 3.05) is 0 Å². The molecule has 0 aliphatic rings. The quantitative estimate of drug-likeness (QED) is 0.550. The molecule has 1 aromatic carbocycles. The fourth-order valence-corrected chi connectivity index (χ4v) is 1.72. The molecule has 6 heteroatoms. The molecule has 0 bridgehead atoms. The Hall–Kier alpha value is -1.78. The first-order valence-corrected chi connectivity index (χ1v) is 5.37. The van der Waals surface area contributed by atoms with Crippen molar-refractivity contribution in [2.24, 2.45) is 4.40 Å². The Labute approximate surface area is 86.5 Å². The van der Waals surface area contributed by atoms with Crippen LogP contribution in [0, 0.1) is 6.92 Å². The zero-order valence-corrected chi connectivity index (χ0v) is 8.61. The van der Waals surface area contributed by atoms with Crippen molar-refractivity contribution in [3.05, 3.63) is 35.4 Å². The summed E-state index contributed by atoms with van der Waals surface area (Å²) in [5, 5.41) is -1.19. The Morgan fingerprint density at radius 2 is 1.93 bits per heavy atom. The number of sulfonamides is 1. The molecule has 78 valence electrons. The molecule has 0 aliphatic carbocycles. The molecular weight excluding hydrogens is 218 g/mol. The van der Waals surface area contributed by atoms with E-state index in [-0.39, 0.29) is 5.56 Å². The lowest BCUT2D eigenvalue weighted by Crippen LogP contribution is -2.13. The van der Waals surface area contributed by atoms with E-state index in [0.29, 0.717) is 5.56 Å². The number of isocyanates is 1. The number of nitrogens with zero attached hydrogens (tertiary/aromatic N) is 1. The minimum Gasteiger partial charge on any atom is -0.274 e. The van der Waals surface area contributed by atoms with Gasteiger partial charge in [-0.3, -0.25) is 4.79 Å². The van der Waals surface area contributed by atoms with E-state index in [1.54, 1.807) is 19.1 Å². The Kier molecular flexibility index (Phi) is 3.14. The molecule has 15 heavy (non-hydrogen) atoms. The molecule has 0 heterocycles. The van der Waals surface area contributed by atoms with Crippen LogP contribution in [-0.4, -0.2) is 19.6 Å².